The Morgan fingerprint density at radius 3 is 1.43 bits per heavy atom. The van der Waals surface area contributed by atoms with Crippen LogP contribution in [0.5, 0.6) is 0 Å². The van der Waals surface area contributed by atoms with Crippen molar-refractivity contribution in [2.75, 3.05) is 0 Å². The van der Waals surface area contributed by atoms with Crippen LogP contribution < -0.4 is 34.5 Å². The van der Waals surface area contributed by atoms with Gasteiger partial charge in [0.2, 0.25) is 0 Å². The van der Waals surface area contributed by atoms with Gasteiger partial charge in [-0.2, -0.15) is 0 Å². The molecule has 0 aromatic rings. The molecule has 0 heterocycles. The minimum Gasteiger partial charge on any atom is 1.00 e. The first-order valence-corrected chi connectivity index (χ1v) is 2.30. The quantitative estimate of drug-likeness (QED) is 0.300. The van der Waals surface area contributed by atoms with Crippen molar-refractivity contribution < 1.29 is 48.8 Å². The predicted molar refractivity (Wildman–Crippen MR) is 22.0 cm³/mol. The van der Waals surface area contributed by atoms with Crippen LogP contribution in [0, 0.1) is 0 Å². The Morgan fingerprint density at radius 2 is 1.43 bits per heavy atom. The summed E-state index contributed by atoms with van der Waals surface area (Å²) < 4.78 is 8.77. The molecule has 7 heteroatoms. The fourth-order valence-electron chi connectivity index (χ4n) is 0. The van der Waals surface area contributed by atoms with Gasteiger partial charge in [-0.15, -0.1) is 0 Å². The molecule has 0 fully saturated rings. The smallest absolute Gasteiger partial charge is 1.00 e. The van der Waals surface area contributed by atoms with E-state index < -0.39 is 7.82 Å². The number of hydrogen-bond donors (Lipinski definition) is 2. The van der Waals surface area contributed by atoms with Gasteiger partial charge in [-0.3, -0.25) is 4.57 Å². The van der Waals surface area contributed by atoms with Crippen molar-refractivity contribution in [3.8, 4) is 0 Å². The summed E-state index contributed by atoms with van der Waals surface area (Å²) in [6, 6.07) is 0. The number of hydrogen-bond acceptors (Lipinski definition) is 2. The Balaban J connectivity index is -0.0000000800. The molecule has 0 aliphatic carbocycles. The summed E-state index contributed by atoms with van der Waals surface area (Å²) in [6.07, 6.45) is 0. The average Bonchev–Trinajstić information content (AvgIpc) is 0.722. The largest absolute Gasteiger partial charge is 1.00 e. The molecule has 7 heavy (non-hydrogen) atoms. The van der Waals surface area contributed by atoms with Crippen LogP contribution in [0.25, 0.3) is 0 Å². The molecule has 0 aliphatic rings. The molecule has 0 radical (unpaired) electrons. The normalized spacial score (nSPS) is 8.43. The van der Waals surface area contributed by atoms with E-state index in [-0.39, 0.29) is 47.5 Å². The van der Waals surface area contributed by atoms with E-state index in [1.54, 1.807) is 0 Å². The van der Waals surface area contributed by atoms with Crippen LogP contribution in [0.1, 0.15) is 0 Å². The van der Waals surface area contributed by atoms with Gasteiger partial charge in [-0.25, -0.2) is 0 Å². The van der Waals surface area contributed by atoms with Crippen molar-refractivity contribution in [2.24, 2.45) is 0 Å². The zero-order valence-corrected chi connectivity index (χ0v) is 9.73. The molecule has 4 nitrogen and oxygen atoms in total. The molecule has 0 aromatic heterocycles. The standard InChI is InChI=1S/AsH3.Na.H3O4P/c;;1-5(2,3)4/h1H3;;(H3,1,2,3,4)/q;+1;/p-1. The van der Waals surface area contributed by atoms with Crippen molar-refractivity contribution in [2.45, 2.75) is 0 Å². The van der Waals surface area contributed by atoms with Crippen LogP contribution in [-0.2, 0) is 4.57 Å². The van der Waals surface area contributed by atoms with E-state index in [1.165, 1.54) is 0 Å². The minimum absolute atomic E-state index is 0. The summed E-state index contributed by atoms with van der Waals surface area (Å²) >= 11 is 0. The van der Waals surface area contributed by atoms with Crippen LogP contribution in [0.3, 0.4) is 0 Å². The van der Waals surface area contributed by atoms with Gasteiger partial charge in [-0.1, -0.05) is 0 Å². The Kier molecular flexibility index (Phi) is 13.1. The van der Waals surface area contributed by atoms with Crippen LogP contribution in [0.2, 0.25) is 0 Å². The Labute approximate surface area is 74.2 Å². The van der Waals surface area contributed by atoms with Crippen LogP contribution >= 0.6 is 7.82 Å². The van der Waals surface area contributed by atoms with E-state index in [4.69, 9.17) is 19.2 Å². The van der Waals surface area contributed by atoms with E-state index in [9.17, 15) is 0 Å². The molecule has 0 saturated heterocycles. The van der Waals surface area contributed by atoms with Crippen LogP contribution in [0.15, 0.2) is 0 Å². The van der Waals surface area contributed by atoms with E-state index in [0.29, 0.717) is 0 Å². The average molecular weight is 198 g/mol. The number of rotatable bonds is 0. The Bertz CT molecular complexity index is 57.8. The van der Waals surface area contributed by atoms with Crippen LogP contribution in [0.4, 0.5) is 0 Å². The molecular weight excluding hydrogens is 193 g/mol. The third-order valence-electron chi connectivity index (χ3n) is 0. The fraction of sp³-hybridized carbons (Fsp3) is 0. The summed E-state index contributed by atoms with van der Waals surface area (Å²) in [4.78, 5) is 22.9. The molecule has 0 rings (SSSR count). The van der Waals surface area contributed by atoms with Gasteiger partial charge in [0.25, 0.3) is 7.82 Å². The second-order valence-electron chi connectivity index (χ2n) is 0.491. The third-order valence-corrected chi connectivity index (χ3v) is 0. The maximum atomic E-state index is 8.77. The molecule has 0 aliphatic heterocycles. The van der Waals surface area contributed by atoms with Crippen molar-refractivity contribution >= 4 is 25.8 Å². The summed E-state index contributed by atoms with van der Waals surface area (Å²) in [5.41, 5.74) is 0. The first kappa shape index (κ1) is 15.9. The van der Waals surface area contributed by atoms with Gasteiger partial charge in [0.1, 0.15) is 0 Å². The molecule has 0 bridgehead atoms. The van der Waals surface area contributed by atoms with Crippen molar-refractivity contribution in [3.63, 3.8) is 0 Å². The summed E-state index contributed by atoms with van der Waals surface area (Å²) in [7, 11) is -4.89. The molecule has 2 N–H and O–H groups in total. The molecule has 1 unspecified atom stereocenters. The summed E-state index contributed by atoms with van der Waals surface area (Å²) in [6.45, 7) is 0. The molecule has 0 spiro atoms. The fourth-order valence-corrected chi connectivity index (χ4v) is 0. The second-order valence-corrected chi connectivity index (χ2v) is 1.47. The molecule has 40 valence electrons. The van der Waals surface area contributed by atoms with E-state index >= 15 is 0 Å². The van der Waals surface area contributed by atoms with E-state index in [2.05, 4.69) is 0 Å². The minimum atomic E-state index is -4.89. The van der Waals surface area contributed by atoms with Gasteiger partial charge in [0, 0.05) is 0 Å². The van der Waals surface area contributed by atoms with Gasteiger partial charge >= 0.3 is 47.5 Å². The zero-order valence-electron chi connectivity index (χ0n) is 3.87. The SMILES string of the molecule is O=P([O-])(O)O.[AsH3].[Na+]. The Hall–Kier alpha value is 1.67. The monoisotopic (exact) mass is 198 g/mol. The van der Waals surface area contributed by atoms with Crippen molar-refractivity contribution in [1.29, 1.82) is 0 Å². The van der Waals surface area contributed by atoms with Gasteiger partial charge in [-0.05, 0) is 0 Å². The second kappa shape index (κ2) is 5.80. The zero-order chi connectivity index (χ0) is 4.50. The molecule has 0 aromatic carbocycles. The van der Waals surface area contributed by atoms with Crippen LogP contribution in [-0.4, -0.2) is 27.7 Å². The van der Waals surface area contributed by atoms with Gasteiger partial charge in [0.05, 0.1) is 0 Å². The first-order chi connectivity index (χ1) is 2.00. The molecular formula is H5AsNaO4P. The Morgan fingerprint density at radius 1 is 1.43 bits per heavy atom. The van der Waals surface area contributed by atoms with Crippen molar-refractivity contribution in [3.05, 3.63) is 0 Å². The maximum absolute atomic E-state index is 8.77. The van der Waals surface area contributed by atoms with Crippen molar-refractivity contribution in [1.82, 2.24) is 0 Å². The topological polar surface area (TPSA) is 80.6 Å². The first-order valence-electron chi connectivity index (χ1n) is 0.765. The molecule has 0 amide bonds. The third kappa shape index (κ3) is 88.5. The molecule has 1 atom stereocenters. The molecule has 0 saturated carbocycles. The van der Waals surface area contributed by atoms with E-state index in [0.717, 1.165) is 0 Å². The summed E-state index contributed by atoms with van der Waals surface area (Å²) in [5, 5.41) is 0. The maximum Gasteiger partial charge on any atom is 1.00 e. The predicted octanol–water partition coefficient (Wildman–Crippen LogP) is -5.74. The van der Waals surface area contributed by atoms with Gasteiger partial charge < -0.3 is 14.7 Å². The summed E-state index contributed by atoms with van der Waals surface area (Å²) in [5.74, 6) is 0. The number of phosphoric acid groups is 1. The van der Waals surface area contributed by atoms with E-state index in [1.807, 2.05) is 0 Å². The van der Waals surface area contributed by atoms with Gasteiger partial charge in [0.15, 0.2) is 0 Å².